The topological polar surface area (TPSA) is 93.8 Å². The molecule has 2 rings (SSSR count). The molecule has 0 bridgehead atoms. The maximum Gasteiger partial charge on any atom is 0.349 e. The third kappa shape index (κ3) is 5.21. The largest absolute Gasteiger partial charge is 0.448 e. The van der Waals surface area contributed by atoms with Gasteiger partial charge in [0.1, 0.15) is 11.6 Å². The lowest BCUT2D eigenvalue weighted by Gasteiger charge is -2.28. The molecule has 2 heterocycles. The van der Waals surface area contributed by atoms with Gasteiger partial charge in [0.05, 0.1) is 19.8 Å². The van der Waals surface area contributed by atoms with Crippen molar-refractivity contribution in [1.82, 2.24) is 9.47 Å². The monoisotopic (exact) mass is 389 g/mol. The number of rotatable bonds is 7. The fraction of sp³-hybridized carbons (Fsp3) is 0.550. The van der Waals surface area contributed by atoms with E-state index < -0.39 is 12.1 Å². The van der Waals surface area contributed by atoms with Crippen molar-refractivity contribution in [1.29, 1.82) is 5.26 Å². The molecule has 1 atom stereocenters. The summed E-state index contributed by atoms with van der Waals surface area (Å²) in [5, 5.41) is 9.41. The Morgan fingerprint density at radius 2 is 2.04 bits per heavy atom. The second-order valence-corrected chi connectivity index (χ2v) is 6.63. The molecule has 8 heteroatoms. The lowest BCUT2D eigenvalue weighted by atomic mass is 10.1. The van der Waals surface area contributed by atoms with E-state index in [0.29, 0.717) is 39.5 Å². The Morgan fingerprint density at radius 1 is 1.36 bits per heavy atom. The lowest BCUT2D eigenvalue weighted by molar-refractivity contribution is -0.157. The van der Waals surface area contributed by atoms with Crippen LogP contribution in [-0.2, 0) is 30.3 Å². The zero-order valence-corrected chi connectivity index (χ0v) is 16.9. The second-order valence-electron chi connectivity index (χ2n) is 6.63. The van der Waals surface area contributed by atoms with Gasteiger partial charge in [0.15, 0.2) is 6.10 Å². The Labute approximate surface area is 165 Å². The van der Waals surface area contributed by atoms with E-state index in [-0.39, 0.29) is 11.5 Å². The number of carbonyl (C=O) groups excluding carboxylic acids is 2. The summed E-state index contributed by atoms with van der Waals surface area (Å²) >= 11 is 0. The summed E-state index contributed by atoms with van der Waals surface area (Å²) in [6.07, 6.45) is 0.538. The quantitative estimate of drug-likeness (QED) is 0.398. The van der Waals surface area contributed by atoms with Gasteiger partial charge in [0, 0.05) is 38.1 Å². The summed E-state index contributed by atoms with van der Waals surface area (Å²) in [6.45, 7) is 8.49. The van der Waals surface area contributed by atoms with E-state index in [2.05, 4.69) is 4.57 Å². The molecule has 0 saturated carbocycles. The van der Waals surface area contributed by atoms with Crippen LogP contribution in [0.4, 0.5) is 0 Å². The van der Waals surface area contributed by atoms with Crippen LogP contribution in [0.15, 0.2) is 11.6 Å². The summed E-state index contributed by atoms with van der Waals surface area (Å²) in [5.74, 6) is -1.09. The minimum atomic E-state index is -0.962. The van der Waals surface area contributed by atoms with Crippen molar-refractivity contribution < 1.29 is 23.8 Å². The average molecular weight is 389 g/mol. The fourth-order valence-electron chi connectivity index (χ4n) is 3.11. The number of ether oxygens (including phenoxy) is 3. The van der Waals surface area contributed by atoms with Crippen LogP contribution in [0, 0.1) is 25.2 Å². The first-order valence-corrected chi connectivity index (χ1v) is 9.24. The van der Waals surface area contributed by atoms with Gasteiger partial charge < -0.3 is 23.7 Å². The highest BCUT2D eigenvalue weighted by atomic mass is 16.5. The highest BCUT2D eigenvalue weighted by molar-refractivity contribution is 5.99. The molecule has 0 aliphatic carbocycles. The second kappa shape index (κ2) is 10.1. The van der Waals surface area contributed by atoms with Gasteiger partial charge in [-0.2, -0.15) is 5.26 Å². The molecule has 1 aliphatic heterocycles. The molecule has 0 spiro atoms. The van der Waals surface area contributed by atoms with Gasteiger partial charge in [-0.05, 0) is 38.5 Å². The van der Waals surface area contributed by atoms with Gasteiger partial charge in [0.25, 0.3) is 5.91 Å². The smallest absolute Gasteiger partial charge is 0.349 e. The van der Waals surface area contributed by atoms with E-state index in [1.54, 1.807) is 12.0 Å². The maximum absolute atomic E-state index is 12.4. The Balaban J connectivity index is 2.10. The van der Waals surface area contributed by atoms with Gasteiger partial charge in [-0.1, -0.05) is 0 Å². The Bertz CT molecular complexity index is 784. The van der Waals surface area contributed by atoms with Crippen molar-refractivity contribution in [2.45, 2.75) is 33.4 Å². The van der Waals surface area contributed by atoms with Crippen molar-refractivity contribution >= 4 is 18.0 Å². The maximum atomic E-state index is 12.4. The van der Waals surface area contributed by atoms with Crippen molar-refractivity contribution in [2.24, 2.45) is 0 Å². The molecule has 1 aromatic heterocycles. The summed E-state index contributed by atoms with van der Waals surface area (Å²) in [5.41, 5.74) is 2.54. The van der Waals surface area contributed by atoms with E-state index in [0.717, 1.165) is 17.0 Å². The van der Waals surface area contributed by atoms with Gasteiger partial charge >= 0.3 is 5.97 Å². The number of esters is 1. The number of aryl methyl sites for hydroxylation is 1. The van der Waals surface area contributed by atoms with E-state index in [4.69, 9.17) is 14.2 Å². The standard InChI is InChI=1S/C20H27N3O5/c1-14-11-17(15(2)23(14)7-8-26-4)12-18(13-21)20(25)28-16(3)19(24)22-5-9-27-10-6-22/h11-12,16H,5-10H2,1-4H3/b18-12+. The van der Waals surface area contributed by atoms with Gasteiger partial charge in [-0.3, -0.25) is 4.79 Å². The highest BCUT2D eigenvalue weighted by Crippen LogP contribution is 2.19. The summed E-state index contributed by atoms with van der Waals surface area (Å²) in [7, 11) is 1.64. The van der Waals surface area contributed by atoms with E-state index in [1.165, 1.54) is 13.0 Å². The molecule has 0 aromatic carbocycles. The molecule has 1 aliphatic rings. The summed E-state index contributed by atoms with van der Waals surface area (Å²) < 4.78 is 17.6. The zero-order chi connectivity index (χ0) is 20.7. The number of hydrogen-bond acceptors (Lipinski definition) is 6. The van der Waals surface area contributed by atoms with Gasteiger partial charge in [0.2, 0.25) is 0 Å². The SMILES string of the molecule is COCCn1c(C)cc(/C=C(\C#N)C(=O)OC(C)C(=O)N2CCOCC2)c1C. The number of aromatic nitrogens is 1. The number of nitriles is 1. The van der Waals surface area contributed by atoms with Crippen LogP contribution in [0.25, 0.3) is 6.08 Å². The molecule has 1 saturated heterocycles. The predicted octanol–water partition coefficient (Wildman–Crippen LogP) is 1.45. The molecule has 1 fully saturated rings. The number of nitrogens with zero attached hydrogens (tertiary/aromatic N) is 3. The van der Waals surface area contributed by atoms with Crippen molar-refractivity contribution in [3.8, 4) is 6.07 Å². The fourth-order valence-corrected chi connectivity index (χ4v) is 3.11. The summed E-state index contributed by atoms with van der Waals surface area (Å²) in [6, 6.07) is 3.78. The Morgan fingerprint density at radius 3 is 2.64 bits per heavy atom. The van der Waals surface area contributed by atoms with Crippen LogP contribution in [-0.4, -0.2) is 67.5 Å². The molecular weight excluding hydrogens is 362 g/mol. The molecule has 0 N–H and O–H groups in total. The number of hydrogen-bond donors (Lipinski definition) is 0. The number of amides is 1. The molecule has 1 unspecified atom stereocenters. The highest BCUT2D eigenvalue weighted by Gasteiger charge is 2.26. The van der Waals surface area contributed by atoms with E-state index in [1.807, 2.05) is 26.0 Å². The van der Waals surface area contributed by atoms with Crippen LogP contribution in [0.2, 0.25) is 0 Å². The van der Waals surface area contributed by atoms with Crippen molar-refractivity contribution in [3.05, 3.63) is 28.6 Å². The molecular formula is C20H27N3O5. The van der Waals surface area contributed by atoms with Gasteiger partial charge in [-0.15, -0.1) is 0 Å². The Kier molecular flexibility index (Phi) is 7.79. The molecule has 0 radical (unpaired) electrons. The molecule has 1 aromatic rings. The minimum absolute atomic E-state index is 0.145. The first-order valence-electron chi connectivity index (χ1n) is 9.24. The van der Waals surface area contributed by atoms with Crippen molar-refractivity contribution in [3.63, 3.8) is 0 Å². The van der Waals surface area contributed by atoms with E-state index in [9.17, 15) is 14.9 Å². The van der Waals surface area contributed by atoms with E-state index >= 15 is 0 Å². The average Bonchev–Trinajstić information content (AvgIpc) is 2.96. The van der Waals surface area contributed by atoms with Crippen LogP contribution in [0.5, 0.6) is 0 Å². The normalized spacial score (nSPS) is 15.8. The van der Waals surface area contributed by atoms with Crippen molar-refractivity contribution in [2.75, 3.05) is 40.0 Å². The molecule has 1 amide bonds. The number of morpholine rings is 1. The lowest BCUT2D eigenvalue weighted by Crippen LogP contribution is -2.46. The third-order valence-electron chi connectivity index (χ3n) is 4.73. The number of methoxy groups -OCH3 is 1. The number of carbonyl (C=O) groups is 2. The molecule has 28 heavy (non-hydrogen) atoms. The van der Waals surface area contributed by atoms with Crippen LogP contribution >= 0.6 is 0 Å². The molecule has 8 nitrogen and oxygen atoms in total. The third-order valence-corrected chi connectivity index (χ3v) is 4.73. The van der Waals surface area contributed by atoms with Gasteiger partial charge in [-0.25, -0.2) is 4.79 Å². The minimum Gasteiger partial charge on any atom is -0.448 e. The zero-order valence-electron chi connectivity index (χ0n) is 16.9. The molecule has 152 valence electrons. The predicted molar refractivity (Wildman–Crippen MR) is 102 cm³/mol. The van der Waals surface area contributed by atoms with Crippen LogP contribution < -0.4 is 0 Å². The Hall–Kier alpha value is -2.63. The summed E-state index contributed by atoms with van der Waals surface area (Å²) in [4.78, 5) is 26.4. The first kappa shape index (κ1) is 21.7. The van der Waals surface area contributed by atoms with Crippen LogP contribution in [0.3, 0.4) is 0 Å². The van der Waals surface area contributed by atoms with Crippen LogP contribution in [0.1, 0.15) is 23.9 Å². The first-order chi connectivity index (χ1) is 13.4.